The van der Waals surface area contributed by atoms with E-state index in [-0.39, 0.29) is 11.1 Å². The van der Waals surface area contributed by atoms with E-state index in [1.54, 1.807) is 12.1 Å². The molecule has 0 saturated carbocycles. The quantitative estimate of drug-likeness (QED) is 0.531. The molecule has 0 atom stereocenters. The molecule has 0 aromatic heterocycles. The molecule has 0 aliphatic carbocycles. The maximum Gasteiger partial charge on any atom is 0.284 e. The van der Waals surface area contributed by atoms with Crippen LogP contribution in [0.4, 0.5) is 0 Å². The van der Waals surface area contributed by atoms with Crippen molar-refractivity contribution in [2.24, 2.45) is 0 Å². The molecule has 5 nitrogen and oxygen atoms in total. The molecule has 0 unspecified atom stereocenters. The van der Waals surface area contributed by atoms with E-state index in [2.05, 4.69) is 11.8 Å². The number of aldehydes is 1. The van der Waals surface area contributed by atoms with Crippen LogP contribution in [0.5, 0.6) is 0 Å². The topological polar surface area (TPSA) is 86.6 Å². The van der Waals surface area contributed by atoms with Gasteiger partial charge in [-0.15, -0.1) is 0 Å². The molecule has 0 heterocycles. The summed E-state index contributed by atoms with van der Waals surface area (Å²) < 4.78 is 0. The number of carbonyl (C=O) groups excluding carboxylic acids is 2. The van der Waals surface area contributed by atoms with Crippen molar-refractivity contribution in [2.45, 2.75) is 0 Å². The maximum atomic E-state index is 11.4. The van der Waals surface area contributed by atoms with Crippen molar-refractivity contribution >= 4 is 30.6 Å². The molecule has 0 saturated heterocycles. The minimum absolute atomic E-state index is 0.0600. The monoisotopic (exact) mass is 245 g/mol. The van der Waals surface area contributed by atoms with E-state index in [0.29, 0.717) is 6.29 Å². The Morgan fingerprint density at radius 1 is 1.40 bits per heavy atom. The number of nitrogens with one attached hydrogen (secondary N) is 1. The highest BCUT2D eigenvalue weighted by Crippen LogP contribution is 2.29. The van der Waals surface area contributed by atoms with Gasteiger partial charge in [-0.2, -0.15) is 0 Å². The second-order valence-electron chi connectivity index (χ2n) is 2.69. The molecule has 1 aromatic carbocycles. The number of hydrogen-bond acceptors (Lipinski definition) is 3. The van der Waals surface area contributed by atoms with Crippen molar-refractivity contribution in [3.8, 4) is 0 Å². The van der Waals surface area contributed by atoms with Crippen molar-refractivity contribution in [3.63, 3.8) is 0 Å². The van der Waals surface area contributed by atoms with Crippen molar-refractivity contribution in [2.75, 3.05) is 0 Å². The molecule has 3 N–H and O–H groups in total. The Labute approximate surface area is 91.0 Å². The lowest BCUT2D eigenvalue weighted by Crippen LogP contribution is -2.21. The fourth-order valence-corrected chi connectivity index (χ4v) is 1.63. The van der Waals surface area contributed by atoms with Crippen molar-refractivity contribution in [1.29, 1.82) is 0 Å². The first-order valence-electron chi connectivity index (χ1n) is 3.86. The van der Waals surface area contributed by atoms with E-state index in [1.807, 2.05) is 5.09 Å². The van der Waals surface area contributed by atoms with Gasteiger partial charge in [0.25, 0.3) is 12.5 Å². The minimum atomic E-state index is -3.80. The average molecular weight is 245 g/mol. The van der Waals surface area contributed by atoms with Crippen LogP contribution in [-0.4, -0.2) is 22.0 Å². The zero-order valence-electron chi connectivity index (χ0n) is 7.45. The van der Waals surface area contributed by atoms with Crippen molar-refractivity contribution < 1.29 is 19.4 Å². The van der Waals surface area contributed by atoms with Crippen LogP contribution in [0, 0.1) is 0 Å². The van der Waals surface area contributed by atoms with Gasteiger partial charge in [0.2, 0.25) is 0 Å². The standard InChI is InChI=1S/C8H8NO4PS/c10-5-6-3-1-2-4-7(6)8(11)9-14(12,13)15/h1-5H,(H3,9,11,12,13,15). The Morgan fingerprint density at radius 2 is 2.00 bits per heavy atom. The third kappa shape index (κ3) is 3.53. The molecule has 0 fully saturated rings. The minimum Gasteiger partial charge on any atom is -0.330 e. The first-order chi connectivity index (χ1) is 6.94. The Morgan fingerprint density at radius 3 is 2.53 bits per heavy atom. The summed E-state index contributed by atoms with van der Waals surface area (Å²) in [6.07, 6.45) is 0.507. The molecule has 1 amide bonds. The molecular weight excluding hydrogens is 237 g/mol. The summed E-state index contributed by atoms with van der Waals surface area (Å²) in [5.74, 6) is -0.772. The summed E-state index contributed by atoms with van der Waals surface area (Å²) in [4.78, 5) is 39.7. The van der Waals surface area contributed by atoms with Gasteiger partial charge in [0.15, 0.2) is 6.29 Å². The van der Waals surface area contributed by atoms with Gasteiger partial charge in [-0.25, -0.2) is 0 Å². The maximum absolute atomic E-state index is 11.4. The normalized spacial score (nSPS) is 10.8. The highest BCUT2D eigenvalue weighted by molar-refractivity contribution is 8.08. The third-order valence-corrected chi connectivity index (χ3v) is 2.35. The van der Waals surface area contributed by atoms with Crippen LogP contribution >= 0.6 is 6.64 Å². The lowest BCUT2D eigenvalue weighted by Gasteiger charge is -2.10. The van der Waals surface area contributed by atoms with E-state index in [0.717, 1.165) is 0 Å². The lowest BCUT2D eigenvalue weighted by atomic mass is 10.1. The predicted molar refractivity (Wildman–Crippen MR) is 58.0 cm³/mol. The number of hydrogen-bond donors (Lipinski definition) is 3. The van der Waals surface area contributed by atoms with E-state index in [9.17, 15) is 9.59 Å². The number of carbonyl (C=O) groups is 2. The largest absolute Gasteiger partial charge is 0.330 e. The lowest BCUT2D eigenvalue weighted by molar-refractivity contribution is 0.0970. The third-order valence-electron chi connectivity index (χ3n) is 1.58. The van der Waals surface area contributed by atoms with Crippen LogP contribution < -0.4 is 5.09 Å². The van der Waals surface area contributed by atoms with Gasteiger partial charge in [-0.1, -0.05) is 18.2 Å². The van der Waals surface area contributed by atoms with Gasteiger partial charge in [-0.05, 0) is 17.9 Å². The van der Waals surface area contributed by atoms with Crippen LogP contribution in [0.15, 0.2) is 24.3 Å². The van der Waals surface area contributed by atoms with Gasteiger partial charge in [-0.3, -0.25) is 14.7 Å². The Hall–Kier alpha value is -1.07. The first kappa shape index (κ1) is 12.0. The van der Waals surface area contributed by atoms with Gasteiger partial charge in [0.1, 0.15) is 0 Å². The predicted octanol–water partition coefficient (Wildman–Crippen LogP) is 0.438. The van der Waals surface area contributed by atoms with Gasteiger partial charge in [0, 0.05) is 5.56 Å². The number of rotatable bonds is 3. The average Bonchev–Trinajstić information content (AvgIpc) is 2.15. The van der Waals surface area contributed by atoms with Crippen molar-refractivity contribution in [1.82, 2.24) is 5.09 Å². The summed E-state index contributed by atoms with van der Waals surface area (Å²) in [5, 5.41) is 1.85. The molecular formula is C8H8NO4PS. The highest BCUT2D eigenvalue weighted by atomic mass is 32.5. The second-order valence-corrected chi connectivity index (χ2v) is 5.53. The molecule has 0 spiro atoms. The molecule has 0 radical (unpaired) electrons. The van der Waals surface area contributed by atoms with E-state index >= 15 is 0 Å². The number of amides is 1. The summed E-state index contributed by atoms with van der Waals surface area (Å²) in [5.41, 5.74) is 0.225. The molecule has 80 valence electrons. The number of benzene rings is 1. The van der Waals surface area contributed by atoms with Crippen LogP contribution in [0.1, 0.15) is 20.7 Å². The van der Waals surface area contributed by atoms with Crippen LogP contribution in [-0.2, 0) is 11.8 Å². The van der Waals surface area contributed by atoms with E-state index < -0.39 is 12.5 Å². The molecule has 1 aromatic rings. The van der Waals surface area contributed by atoms with E-state index in [1.165, 1.54) is 12.1 Å². The zero-order chi connectivity index (χ0) is 11.5. The molecule has 7 heteroatoms. The molecule has 1 rings (SSSR count). The summed E-state index contributed by atoms with van der Waals surface area (Å²) >= 11 is 4.24. The fraction of sp³-hybridized carbons (Fsp3) is 0. The Kier molecular flexibility index (Phi) is 3.71. The SMILES string of the molecule is O=Cc1ccccc1C(=O)NP(O)(O)=S. The fourth-order valence-electron chi connectivity index (χ4n) is 0.999. The van der Waals surface area contributed by atoms with Crippen molar-refractivity contribution in [3.05, 3.63) is 35.4 Å². The zero-order valence-corrected chi connectivity index (χ0v) is 9.16. The molecule has 0 aliphatic rings. The van der Waals surface area contributed by atoms with Gasteiger partial charge >= 0.3 is 0 Å². The first-order valence-corrected chi connectivity index (χ1v) is 6.57. The highest BCUT2D eigenvalue weighted by Gasteiger charge is 2.16. The van der Waals surface area contributed by atoms with Crippen LogP contribution in [0.2, 0.25) is 0 Å². The molecule has 15 heavy (non-hydrogen) atoms. The smallest absolute Gasteiger partial charge is 0.284 e. The summed E-state index contributed by atoms with van der Waals surface area (Å²) in [6, 6.07) is 5.98. The van der Waals surface area contributed by atoms with Crippen LogP contribution in [0.3, 0.4) is 0 Å². The van der Waals surface area contributed by atoms with Crippen LogP contribution in [0.25, 0.3) is 0 Å². The summed E-state index contributed by atoms with van der Waals surface area (Å²) in [6.45, 7) is -3.80. The molecule has 0 aliphatic heterocycles. The van der Waals surface area contributed by atoms with Gasteiger partial charge in [0.05, 0.1) is 5.56 Å². The summed E-state index contributed by atoms with van der Waals surface area (Å²) in [7, 11) is 0. The van der Waals surface area contributed by atoms with E-state index in [4.69, 9.17) is 9.79 Å². The Bertz CT molecular complexity index is 442. The molecule has 0 bridgehead atoms. The van der Waals surface area contributed by atoms with Gasteiger partial charge < -0.3 is 9.79 Å². The second kappa shape index (κ2) is 4.63. The Balaban J connectivity index is 3.01.